The molecule has 4 heterocycles. The number of allylic oxidation sites excluding steroid dienone is 3. The molecule has 7 rings (SSSR count). The van der Waals surface area contributed by atoms with E-state index in [1.807, 2.05) is 35.8 Å². The summed E-state index contributed by atoms with van der Waals surface area (Å²) in [4.78, 5) is 62.0. The monoisotopic (exact) mass is 1410 g/mol. The molecule has 19 atom stereocenters. The Morgan fingerprint density at radius 3 is 2.24 bits per heavy atom. The van der Waals surface area contributed by atoms with Gasteiger partial charge < -0.3 is 87.3 Å². The van der Waals surface area contributed by atoms with E-state index in [-0.39, 0.29) is 65.0 Å². The molecular formula is C57H76IN3O22S4. The number of thioether (sulfide) groups is 1. The van der Waals surface area contributed by atoms with E-state index in [9.17, 15) is 44.7 Å². The summed E-state index contributed by atoms with van der Waals surface area (Å²) in [5.74, 6) is 11.0. The molecule has 6 aliphatic rings. The molecule has 4 saturated heterocycles. The lowest BCUT2D eigenvalue weighted by Gasteiger charge is -2.47. The quantitative estimate of drug-likeness (QED) is 0.0287. The van der Waals surface area contributed by atoms with Crippen LogP contribution in [-0.4, -0.2) is 229 Å². The lowest BCUT2D eigenvalue weighted by molar-refractivity contribution is -0.337. The first-order valence-corrected chi connectivity index (χ1v) is 33.8. The van der Waals surface area contributed by atoms with Crippen molar-refractivity contribution in [2.45, 2.75) is 176 Å². The van der Waals surface area contributed by atoms with Crippen LogP contribution in [0.2, 0.25) is 0 Å². The van der Waals surface area contributed by atoms with Gasteiger partial charge in [-0.2, -0.15) is 5.48 Å². The highest BCUT2D eigenvalue weighted by Gasteiger charge is 2.52. The molecule has 2 bridgehead atoms. The van der Waals surface area contributed by atoms with Crippen molar-refractivity contribution in [2.75, 3.05) is 60.7 Å². The number of carbonyl (C=O) groups is 4. The second-order valence-electron chi connectivity index (χ2n) is 20.8. The number of nitrogens with zero attached hydrogens (tertiary/aromatic N) is 1. The number of aliphatic hydroxyl groups is 5. The smallest absolute Gasteiger partial charge is 0.411 e. The van der Waals surface area contributed by atoms with Crippen LogP contribution in [0.1, 0.15) is 69.8 Å². The maximum atomic E-state index is 14.5. The highest BCUT2D eigenvalue weighted by atomic mass is 127. The third kappa shape index (κ3) is 16.3. The number of aliphatic hydroxyl groups excluding tert-OH is 4. The van der Waals surface area contributed by atoms with Crippen LogP contribution in [0.15, 0.2) is 35.1 Å². The number of hydrogen-bond donors (Lipinski definition) is 7. The van der Waals surface area contributed by atoms with Crippen molar-refractivity contribution in [3.05, 3.63) is 49.8 Å². The standard InChI is InChI=1S/C57H76IN3O22S4/c1-13-61(30(6)62)32-25-76-37(23-36(32)71-7)81-50-45(66)42(27(3)78-55(50)80-35-18-16-14-15-17-20-57(70)24-34(64)43(59-56(69)75-11)40(35)31(57)19-21-85-87-84-12)60-83-38-22-33(63)52(29(5)77-38)86-53(68)39-26(2)41(58)48(51(74-10)47(39)72-8)82-54-46(67)49(73-9)44(65)28(4)79-54/h14-15,19,27-29,32-33,35-38,42,44-46,49-50,52,54-55,60,63,65-67,70H,13,21-25H2,1-12H3,(H,59,69)/b15-14?,31-19-/t27-,28+,29-,32+,33+,35+,36+,37+,38+,42-,44+,45+,46-,49-,50-,52-,54+,55+,57+/m1/s1. The lowest BCUT2D eigenvalue weighted by Crippen LogP contribution is -2.65. The Hall–Kier alpha value is -3.43. The summed E-state index contributed by atoms with van der Waals surface area (Å²) >= 11 is 2.80. The van der Waals surface area contributed by atoms with Gasteiger partial charge in [-0.25, -0.2) is 4.79 Å². The van der Waals surface area contributed by atoms with Crippen LogP contribution in [0, 0.1) is 34.2 Å². The fourth-order valence-corrected chi connectivity index (χ4v) is 15.2. The molecule has 0 spiro atoms. The Morgan fingerprint density at radius 2 is 1.60 bits per heavy atom. The number of rotatable bonds is 22. The fourth-order valence-electron chi connectivity index (χ4n) is 11.0. The first-order valence-electron chi connectivity index (χ1n) is 27.7. The molecule has 7 N–H and O–H groups in total. The third-order valence-electron chi connectivity index (χ3n) is 15.4. The summed E-state index contributed by atoms with van der Waals surface area (Å²) in [5.41, 5.74) is 1.15. The van der Waals surface area contributed by atoms with Gasteiger partial charge in [-0.15, -0.1) is 0 Å². The van der Waals surface area contributed by atoms with Crippen LogP contribution in [0.5, 0.6) is 17.2 Å². The van der Waals surface area contributed by atoms with Crippen molar-refractivity contribution in [1.29, 1.82) is 0 Å². The Bertz CT molecular complexity index is 2860. The molecule has 4 aliphatic heterocycles. The highest BCUT2D eigenvalue weighted by Crippen LogP contribution is 2.49. The molecule has 4 fully saturated rings. The Kier molecular flexibility index (Phi) is 26.3. The number of benzene rings is 1. The summed E-state index contributed by atoms with van der Waals surface area (Å²) in [5, 5.41) is 59.4. The second-order valence-corrected chi connectivity index (χ2v) is 27.4. The van der Waals surface area contributed by atoms with Gasteiger partial charge in [0.15, 0.2) is 41.8 Å². The number of carbonyl (C=O) groups excluding carboxylic acids is 4. The van der Waals surface area contributed by atoms with Crippen molar-refractivity contribution in [2.24, 2.45) is 0 Å². The molecule has 0 unspecified atom stereocenters. The maximum absolute atomic E-state index is 14.5. The second kappa shape index (κ2) is 32.2. The number of hydroxylamine groups is 1. The van der Waals surface area contributed by atoms with Crippen molar-refractivity contribution in [1.82, 2.24) is 15.7 Å². The highest BCUT2D eigenvalue weighted by molar-refractivity contribution is 14.1. The number of ketones is 1. The van der Waals surface area contributed by atoms with Crippen LogP contribution in [0.4, 0.5) is 4.79 Å². The van der Waals surface area contributed by atoms with E-state index in [2.05, 4.69) is 34.5 Å². The summed E-state index contributed by atoms with van der Waals surface area (Å²) in [6, 6.07) is -1.62. The van der Waals surface area contributed by atoms with Gasteiger partial charge in [0.05, 0.1) is 97.0 Å². The molecule has 30 heteroatoms. The molecular weight excluding hydrogens is 1330 g/mol. The number of methoxy groups -OCH3 is 5. The van der Waals surface area contributed by atoms with Gasteiger partial charge >= 0.3 is 6.09 Å². The van der Waals surface area contributed by atoms with Crippen LogP contribution in [-0.2, 0) is 57.1 Å². The van der Waals surface area contributed by atoms with Gasteiger partial charge in [0.25, 0.3) is 0 Å². The number of amides is 2. The van der Waals surface area contributed by atoms with E-state index >= 15 is 0 Å². The van der Waals surface area contributed by atoms with Gasteiger partial charge in [-0.1, -0.05) is 63.1 Å². The van der Waals surface area contributed by atoms with Gasteiger partial charge in [0.1, 0.15) is 36.6 Å². The summed E-state index contributed by atoms with van der Waals surface area (Å²) < 4.78 is 72.7. The van der Waals surface area contributed by atoms with Gasteiger partial charge in [-0.05, 0) is 91.0 Å². The molecule has 2 aliphatic carbocycles. The molecule has 1 aromatic rings. The molecule has 0 saturated carbocycles. The summed E-state index contributed by atoms with van der Waals surface area (Å²) in [6.45, 7) is 10.2. The zero-order chi connectivity index (χ0) is 63.6. The zero-order valence-corrected chi connectivity index (χ0v) is 55.4. The predicted octanol–water partition coefficient (Wildman–Crippen LogP) is 3.46. The number of ether oxygens (including phenoxy) is 12. The van der Waals surface area contributed by atoms with Crippen LogP contribution < -0.4 is 25.0 Å². The van der Waals surface area contributed by atoms with E-state index in [4.69, 9.17) is 61.7 Å². The molecule has 25 nitrogen and oxygen atoms in total. The van der Waals surface area contributed by atoms with Crippen LogP contribution in [0.25, 0.3) is 0 Å². The van der Waals surface area contributed by atoms with Gasteiger partial charge in [0, 0.05) is 57.4 Å². The number of likely N-dealkylation sites (N-methyl/N-ethyl adjacent to an activating group) is 1. The van der Waals surface area contributed by atoms with Crippen molar-refractivity contribution in [3.63, 3.8) is 0 Å². The Morgan fingerprint density at radius 1 is 0.885 bits per heavy atom. The minimum absolute atomic E-state index is 0.0116. The van der Waals surface area contributed by atoms with E-state index in [1.165, 1.54) is 78.9 Å². The van der Waals surface area contributed by atoms with Crippen molar-refractivity contribution >= 4 is 88.7 Å². The van der Waals surface area contributed by atoms with E-state index in [0.717, 1.165) is 18.9 Å². The average Bonchev–Trinajstić information content (AvgIpc) is 1.63. The fraction of sp³-hybridized carbons (Fsp3) is 0.649. The average molecular weight is 1410 g/mol. The molecule has 87 heavy (non-hydrogen) atoms. The van der Waals surface area contributed by atoms with E-state index in [1.54, 1.807) is 38.7 Å². The normalized spacial score (nSPS) is 34.6. The number of hydrogen-bond acceptors (Lipinski definition) is 27. The summed E-state index contributed by atoms with van der Waals surface area (Å²) in [7, 11) is 11.1. The van der Waals surface area contributed by atoms with Gasteiger partial charge in [-0.3, -0.25) is 24.5 Å². The molecule has 2 amide bonds. The molecule has 0 radical (unpaired) electrons. The Balaban J connectivity index is 1.14. The van der Waals surface area contributed by atoms with Crippen LogP contribution >= 0.6 is 65.8 Å². The molecule has 1 aromatic carbocycles. The summed E-state index contributed by atoms with van der Waals surface area (Å²) in [6.07, 6.45) is -12.9. The number of fused-ring (bicyclic) bond motifs is 2. The SMILES string of the molecule is CCN(C(C)=O)[C@H]1CO[C@@H](O[C@H]2[C@H](O[C@H]3C#CC=CC#C[C@]4(O)CC(=O)C(NC(=O)OC)=C3/C4=C/CSSSC)O[C@H](C)[C@@H](NO[C@H]3C[C@H](O)[C@H](SC(=O)c4c(C)c(I)c(O[C@@H]5O[C@@H](C)[C@H](O)[C@@H](OC)[C@H]5O)c(OC)c4OC)[C@@H](C)O3)[C@@H]2O)C[C@@H]1OC. The van der Waals surface area contributed by atoms with Crippen molar-refractivity contribution in [3.8, 4) is 40.9 Å². The Labute approximate surface area is 534 Å². The molecule has 482 valence electrons. The molecule has 0 aromatic heterocycles. The van der Waals surface area contributed by atoms with Crippen LogP contribution in [0.3, 0.4) is 0 Å². The number of alkyl carbamates (subject to hydrolysis) is 1. The first-order chi connectivity index (χ1) is 41.5. The van der Waals surface area contributed by atoms with E-state index < -0.39 is 139 Å². The minimum Gasteiger partial charge on any atom is -0.492 e. The minimum atomic E-state index is -2.08. The number of Topliss-reactive ketones (excluding diaryl/α,β-unsaturated/α-hetero) is 1. The van der Waals surface area contributed by atoms with Crippen molar-refractivity contribution < 1.29 is 106 Å². The predicted molar refractivity (Wildman–Crippen MR) is 329 cm³/mol. The van der Waals surface area contributed by atoms with Gasteiger partial charge in [0.2, 0.25) is 23.1 Å². The lowest BCUT2D eigenvalue weighted by atomic mass is 9.75. The first kappa shape index (κ1) is 71.0. The van der Waals surface area contributed by atoms with E-state index in [0.29, 0.717) is 21.4 Å². The maximum Gasteiger partial charge on any atom is 0.411 e. The zero-order valence-electron chi connectivity index (χ0n) is 50.0. The topological polar surface area (TPSA) is 317 Å². The number of nitrogens with one attached hydrogen (secondary N) is 2. The largest absolute Gasteiger partial charge is 0.492 e. The number of halogens is 1. The third-order valence-corrected chi connectivity index (χ3v) is 21.8.